The molecular weight excluding hydrogens is 288 g/mol. The number of pyridine rings is 1. The number of anilines is 1. The highest BCUT2D eigenvalue weighted by Crippen LogP contribution is 2.34. The Bertz CT molecular complexity index is 681. The van der Waals surface area contributed by atoms with E-state index in [2.05, 4.69) is 10.3 Å². The SMILES string of the molecule is O=C(O)C1(Nc2ccnc3cc(Cl)ccc23)CCCCC1. The van der Waals surface area contributed by atoms with Gasteiger partial charge in [-0.2, -0.15) is 0 Å². The fourth-order valence-corrected chi connectivity index (χ4v) is 3.20. The summed E-state index contributed by atoms with van der Waals surface area (Å²) < 4.78 is 0. The van der Waals surface area contributed by atoms with E-state index in [1.54, 1.807) is 18.3 Å². The Balaban J connectivity index is 2.02. The molecule has 0 spiro atoms. The summed E-state index contributed by atoms with van der Waals surface area (Å²) in [6.07, 6.45) is 5.96. The molecule has 1 heterocycles. The van der Waals surface area contributed by atoms with Crippen molar-refractivity contribution in [1.82, 2.24) is 4.98 Å². The van der Waals surface area contributed by atoms with Crippen molar-refractivity contribution in [2.45, 2.75) is 37.6 Å². The predicted octanol–water partition coefficient (Wildman–Crippen LogP) is 4.09. The molecule has 2 aromatic rings. The molecule has 1 saturated carbocycles. The summed E-state index contributed by atoms with van der Waals surface area (Å²) in [5.41, 5.74) is 0.705. The molecule has 0 bridgehead atoms. The van der Waals surface area contributed by atoms with Gasteiger partial charge in [0.25, 0.3) is 0 Å². The van der Waals surface area contributed by atoms with Crippen LogP contribution in [-0.2, 0) is 4.79 Å². The van der Waals surface area contributed by atoms with Crippen LogP contribution in [0.5, 0.6) is 0 Å². The third kappa shape index (κ3) is 2.68. The number of benzene rings is 1. The van der Waals surface area contributed by atoms with Crippen molar-refractivity contribution in [2.75, 3.05) is 5.32 Å². The zero-order valence-electron chi connectivity index (χ0n) is 11.6. The number of aliphatic carboxylic acids is 1. The molecule has 1 aromatic carbocycles. The molecule has 0 saturated heterocycles. The van der Waals surface area contributed by atoms with Gasteiger partial charge in [-0.1, -0.05) is 30.9 Å². The first-order valence-electron chi connectivity index (χ1n) is 7.17. The molecule has 2 N–H and O–H groups in total. The lowest BCUT2D eigenvalue weighted by atomic mass is 9.81. The molecule has 0 radical (unpaired) electrons. The van der Waals surface area contributed by atoms with E-state index in [4.69, 9.17) is 11.6 Å². The van der Waals surface area contributed by atoms with Crippen LogP contribution in [0.4, 0.5) is 5.69 Å². The van der Waals surface area contributed by atoms with Crippen LogP contribution >= 0.6 is 11.6 Å². The van der Waals surface area contributed by atoms with Gasteiger partial charge < -0.3 is 10.4 Å². The lowest BCUT2D eigenvalue weighted by Crippen LogP contribution is -2.47. The van der Waals surface area contributed by atoms with Gasteiger partial charge in [0, 0.05) is 22.3 Å². The number of rotatable bonds is 3. The molecule has 0 amide bonds. The first kappa shape index (κ1) is 14.1. The van der Waals surface area contributed by atoms with Crippen molar-refractivity contribution < 1.29 is 9.90 Å². The number of carboxylic acids is 1. The smallest absolute Gasteiger partial charge is 0.329 e. The van der Waals surface area contributed by atoms with E-state index in [0.29, 0.717) is 17.9 Å². The van der Waals surface area contributed by atoms with E-state index < -0.39 is 11.5 Å². The lowest BCUT2D eigenvalue weighted by molar-refractivity contribution is -0.143. The largest absolute Gasteiger partial charge is 0.480 e. The minimum Gasteiger partial charge on any atom is -0.480 e. The van der Waals surface area contributed by atoms with Crippen molar-refractivity contribution in [3.63, 3.8) is 0 Å². The number of hydrogen-bond acceptors (Lipinski definition) is 3. The highest BCUT2D eigenvalue weighted by Gasteiger charge is 2.39. The zero-order chi connectivity index (χ0) is 14.9. The topological polar surface area (TPSA) is 62.2 Å². The minimum atomic E-state index is -0.869. The van der Waals surface area contributed by atoms with Crippen molar-refractivity contribution >= 4 is 34.2 Å². The Morgan fingerprint density at radius 1 is 1.24 bits per heavy atom. The number of carboxylic acid groups (broad SMARTS) is 1. The molecule has 1 fully saturated rings. The first-order valence-corrected chi connectivity index (χ1v) is 7.54. The van der Waals surface area contributed by atoms with Gasteiger partial charge in [-0.05, 0) is 37.1 Å². The average Bonchev–Trinajstić information content (AvgIpc) is 2.48. The van der Waals surface area contributed by atoms with Crippen molar-refractivity contribution in [3.8, 4) is 0 Å². The highest BCUT2D eigenvalue weighted by molar-refractivity contribution is 6.31. The molecule has 0 aliphatic heterocycles. The van der Waals surface area contributed by atoms with Crippen molar-refractivity contribution in [1.29, 1.82) is 0 Å². The van der Waals surface area contributed by atoms with Gasteiger partial charge in [-0.25, -0.2) is 4.79 Å². The maximum Gasteiger partial charge on any atom is 0.329 e. The van der Waals surface area contributed by atoms with E-state index in [-0.39, 0.29) is 0 Å². The summed E-state index contributed by atoms with van der Waals surface area (Å²) in [4.78, 5) is 16.1. The monoisotopic (exact) mass is 304 g/mol. The van der Waals surface area contributed by atoms with Gasteiger partial charge in [0.05, 0.1) is 5.52 Å². The summed E-state index contributed by atoms with van der Waals surface area (Å²) in [5, 5.41) is 14.5. The molecule has 1 aliphatic rings. The van der Waals surface area contributed by atoms with E-state index in [0.717, 1.165) is 35.9 Å². The first-order chi connectivity index (χ1) is 10.1. The minimum absolute atomic E-state index is 0.623. The Kier molecular flexibility index (Phi) is 3.72. The molecule has 110 valence electrons. The van der Waals surface area contributed by atoms with Crippen LogP contribution in [0.2, 0.25) is 5.02 Å². The number of halogens is 1. The maximum atomic E-state index is 11.8. The summed E-state index contributed by atoms with van der Waals surface area (Å²) in [7, 11) is 0. The van der Waals surface area contributed by atoms with E-state index in [9.17, 15) is 9.90 Å². The average molecular weight is 305 g/mol. The van der Waals surface area contributed by atoms with Crippen LogP contribution in [0.1, 0.15) is 32.1 Å². The molecule has 1 aromatic heterocycles. The number of fused-ring (bicyclic) bond motifs is 1. The van der Waals surface area contributed by atoms with Crippen LogP contribution in [-0.4, -0.2) is 21.6 Å². The van der Waals surface area contributed by atoms with Gasteiger partial charge >= 0.3 is 5.97 Å². The third-order valence-electron chi connectivity index (χ3n) is 4.20. The number of carbonyl (C=O) groups is 1. The Labute approximate surface area is 128 Å². The van der Waals surface area contributed by atoms with Gasteiger partial charge in [0.2, 0.25) is 0 Å². The van der Waals surface area contributed by atoms with Gasteiger partial charge in [-0.15, -0.1) is 0 Å². The molecule has 4 nitrogen and oxygen atoms in total. The summed E-state index contributed by atoms with van der Waals surface area (Å²) in [5.74, 6) is -0.777. The van der Waals surface area contributed by atoms with Crippen LogP contribution < -0.4 is 5.32 Å². The fourth-order valence-electron chi connectivity index (χ4n) is 3.04. The van der Waals surface area contributed by atoms with Gasteiger partial charge in [0.1, 0.15) is 5.54 Å². The molecule has 3 rings (SSSR count). The number of nitrogens with one attached hydrogen (secondary N) is 1. The standard InChI is InChI=1S/C16H17ClN2O2/c17-11-4-5-12-13(6-9-18-14(12)10-11)19-16(15(20)21)7-2-1-3-8-16/h4-6,9-10H,1-3,7-8H2,(H,18,19)(H,20,21). The second kappa shape index (κ2) is 5.53. The molecule has 5 heteroatoms. The van der Waals surface area contributed by atoms with Gasteiger partial charge in [-0.3, -0.25) is 4.98 Å². The van der Waals surface area contributed by atoms with Gasteiger partial charge in [0.15, 0.2) is 0 Å². The maximum absolute atomic E-state index is 11.8. The van der Waals surface area contributed by atoms with Crippen LogP contribution in [0, 0.1) is 0 Å². The third-order valence-corrected chi connectivity index (χ3v) is 4.43. The Morgan fingerprint density at radius 2 is 2.00 bits per heavy atom. The highest BCUT2D eigenvalue weighted by atomic mass is 35.5. The van der Waals surface area contributed by atoms with Crippen LogP contribution in [0.15, 0.2) is 30.5 Å². The quantitative estimate of drug-likeness (QED) is 0.896. The normalized spacial score (nSPS) is 17.6. The van der Waals surface area contributed by atoms with Crippen LogP contribution in [0.3, 0.4) is 0 Å². The lowest BCUT2D eigenvalue weighted by Gasteiger charge is -2.35. The predicted molar refractivity (Wildman–Crippen MR) is 83.8 cm³/mol. The van der Waals surface area contributed by atoms with E-state index in [1.807, 2.05) is 12.1 Å². The van der Waals surface area contributed by atoms with Crippen molar-refractivity contribution in [2.24, 2.45) is 0 Å². The fraction of sp³-hybridized carbons (Fsp3) is 0.375. The summed E-state index contributed by atoms with van der Waals surface area (Å²) in [6.45, 7) is 0. The van der Waals surface area contributed by atoms with Crippen LogP contribution in [0.25, 0.3) is 10.9 Å². The summed E-state index contributed by atoms with van der Waals surface area (Å²) in [6, 6.07) is 7.29. The van der Waals surface area contributed by atoms with E-state index in [1.165, 1.54) is 0 Å². The second-order valence-corrected chi connectivity index (χ2v) is 6.03. The molecule has 0 unspecified atom stereocenters. The number of aromatic nitrogens is 1. The number of hydrogen-bond donors (Lipinski definition) is 2. The second-order valence-electron chi connectivity index (χ2n) is 5.59. The number of nitrogens with zero attached hydrogens (tertiary/aromatic N) is 1. The Hall–Kier alpha value is -1.81. The zero-order valence-corrected chi connectivity index (χ0v) is 12.4. The molecule has 0 atom stereocenters. The van der Waals surface area contributed by atoms with E-state index >= 15 is 0 Å². The van der Waals surface area contributed by atoms with Crippen molar-refractivity contribution in [3.05, 3.63) is 35.5 Å². The Morgan fingerprint density at radius 3 is 2.71 bits per heavy atom. The molecule has 21 heavy (non-hydrogen) atoms. The molecular formula is C16H17ClN2O2. The molecule has 1 aliphatic carbocycles. The summed E-state index contributed by atoms with van der Waals surface area (Å²) >= 11 is 5.99.